The molecule has 1 amide bonds. The third-order valence-corrected chi connectivity index (χ3v) is 7.18. The van der Waals surface area contributed by atoms with Crippen LogP contribution in [0.3, 0.4) is 0 Å². The SMILES string of the molecule is CCOC(=O)C[C@@H]1C(=O)N(S(=O)(=O)c2ccc(OC)cc2)C=C[C@@H]1c1ccc(Br)cc1. The van der Waals surface area contributed by atoms with E-state index in [4.69, 9.17) is 9.47 Å². The van der Waals surface area contributed by atoms with Gasteiger partial charge in [-0.1, -0.05) is 34.1 Å². The number of esters is 1. The van der Waals surface area contributed by atoms with Crippen LogP contribution in [0, 0.1) is 5.92 Å². The summed E-state index contributed by atoms with van der Waals surface area (Å²) in [6.07, 6.45) is 2.66. The Labute approximate surface area is 189 Å². The van der Waals surface area contributed by atoms with Gasteiger partial charge in [0.2, 0.25) is 5.91 Å². The number of sulfonamides is 1. The molecule has 0 fully saturated rings. The molecule has 3 rings (SSSR count). The Kier molecular flexibility index (Phi) is 7.17. The second-order valence-corrected chi connectivity index (χ2v) is 9.58. The van der Waals surface area contributed by atoms with Crippen LogP contribution >= 0.6 is 15.9 Å². The first-order chi connectivity index (χ1) is 14.8. The molecule has 2 aromatic rings. The summed E-state index contributed by atoms with van der Waals surface area (Å²) in [6, 6.07) is 13.1. The Balaban J connectivity index is 1.99. The maximum absolute atomic E-state index is 13.3. The van der Waals surface area contributed by atoms with E-state index in [0.717, 1.165) is 10.0 Å². The van der Waals surface area contributed by atoms with Crippen LogP contribution in [-0.2, 0) is 24.3 Å². The number of allylic oxidation sites excluding steroid dienone is 1. The number of halogens is 1. The minimum absolute atomic E-state index is 0.0525. The molecule has 2 aromatic carbocycles. The van der Waals surface area contributed by atoms with Gasteiger partial charge in [0.25, 0.3) is 10.0 Å². The van der Waals surface area contributed by atoms with Crippen LogP contribution in [0.2, 0.25) is 0 Å². The number of ether oxygens (including phenoxy) is 2. The first kappa shape index (κ1) is 23.0. The molecule has 0 aliphatic carbocycles. The molecule has 164 valence electrons. The molecule has 0 saturated carbocycles. The number of amides is 1. The van der Waals surface area contributed by atoms with Gasteiger partial charge in [0.05, 0.1) is 31.0 Å². The third kappa shape index (κ3) is 4.99. The highest BCUT2D eigenvalue weighted by molar-refractivity contribution is 9.10. The van der Waals surface area contributed by atoms with Gasteiger partial charge in [-0.25, -0.2) is 12.7 Å². The van der Waals surface area contributed by atoms with E-state index in [9.17, 15) is 18.0 Å². The molecule has 2 atom stereocenters. The Bertz CT molecular complexity index is 1080. The summed E-state index contributed by atoms with van der Waals surface area (Å²) in [5.41, 5.74) is 0.795. The molecule has 9 heteroatoms. The quantitative estimate of drug-likeness (QED) is 0.528. The van der Waals surface area contributed by atoms with E-state index in [-0.39, 0.29) is 17.9 Å². The maximum atomic E-state index is 13.3. The van der Waals surface area contributed by atoms with Crippen LogP contribution in [0.1, 0.15) is 24.8 Å². The molecule has 0 unspecified atom stereocenters. The summed E-state index contributed by atoms with van der Waals surface area (Å²) in [7, 11) is -2.67. The first-order valence-corrected chi connectivity index (χ1v) is 11.8. The van der Waals surface area contributed by atoms with Crippen LogP contribution in [0.15, 0.2) is 70.2 Å². The lowest BCUT2D eigenvalue weighted by Crippen LogP contribution is -2.42. The Morgan fingerprint density at radius 3 is 2.32 bits per heavy atom. The zero-order chi connectivity index (χ0) is 22.6. The number of hydrogen-bond donors (Lipinski definition) is 0. The zero-order valence-electron chi connectivity index (χ0n) is 17.0. The van der Waals surface area contributed by atoms with Gasteiger partial charge in [-0.2, -0.15) is 0 Å². The van der Waals surface area contributed by atoms with E-state index in [2.05, 4.69) is 15.9 Å². The van der Waals surface area contributed by atoms with Gasteiger partial charge in [-0.15, -0.1) is 0 Å². The zero-order valence-corrected chi connectivity index (χ0v) is 19.4. The lowest BCUT2D eigenvalue weighted by Gasteiger charge is -2.32. The summed E-state index contributed by atoms with van der Waals surface area (Å²) in [5, 5.41) is 0. The van der Waals surface area contributed by atoms with Gasteiger partial charge in [0, 0.05) is 16.6 Å². The lowest BCUT2D eigenvalue weighted by molar-refractivity contribution is -0.147. The summed E-state index contributed by atoms with van der Waals surface area (Å²) >= 11 is 3.37. The van der Waals surface area contributed by atoms with Gasteiger partial charge < -0.3 is 9.47 Å². The highest BCUT2D eigenvalue weighted by Crippen LogP contribution is 2.36. The number of carbonyl (C=O) groups is 2. The van der Waals surface area contributed by atoms with Crippen LogP contribution in [0.4, 0.5) is 0 Å². The van der Waals surface area contributed by atoms with Gasteiger partial charge in [-0.05, 0) is 48.9 Å². The van der Waals surface area contributed by atoms with Crippen LogP contribution in [0.5, 0.6) is 5.75 Å². The van der Waals surface area contributed by atoms with Crippen molar-refractivity contribution in [3.8, 4) is 5.75 Å². The standard InChI is InChI=1S/C22H22BrNO6S/c1-3-30-21(25)14-20-19(15-4-6-16(23)7-5-15)12-13-24(22(20)26)31(27,28)18-10-8-17(29-2)9-11-18/h4-13,19-20H,3,14H2,1-2H3/t19-,20+/m1/s1. The van der Waals surface area contributed by atoms with Crippen molar-refractivity contribution in [2.45, 2.75) is 24.2 Å². The van der Waals surface area contributed by atoms with Gasteiger partial charge in [0.15, 0.2) is 0 Å². The second-order valence-electron chi connectivity index (χ2n) is 6.85. The number of nitrogens with zero attached hydrogens (tertiary/aromatic N) is 1. The molecule has 31 heavy (non-hydrogen) atoms. The van der Waals surface area contributed by atoms with Crippen molar-refractivity contribution < 1.29 is 27.5 Å². The van der Waals surface area contributed by atoms with Crippen molar-refractivity contribution in [1.29, 1.82) is 0 Å². The minimum Gasteiger partial charge on any atom is -0.497 e. The average molecular weight is 508 g/mol. The van der Waals surface area contributed by atoms with Gasteiger partial charge >= 0.3 is 5.97 Å². The topological polar surface area (TPSA) is 90.0 Å². The molecule has 0 N–H and O–H groups in total. The van der Waals surface area contributed by atoms with Crippen LogP contribution < -0.4 is 4.74 Å². The Hall–Kier alpha value is -2.65. The van der Waals surface area contributed by atoms with Crippen molar-refractivity contribution in [2.24, 2.45) is 5.92 Å². The lowest BCUT2D eigenvalue weighted by atomic mass is 9.81. The highest BCUT2D eigenvalue weighted by Gasteiger charge is 2.41. The molecule has 0 aromatic heterocycles. The van der Waals surface area contributed by atoms with E-state index in [1.165, 1.54) is 37.6 Å². The average Bonchev–Trinajstić information content (AvgIpc) is 2.76. The molecular formula is C22H22BrNO6S. The normalized spacial score (nSPS) is 18.7. The Morgan fingerprint density at radius 1 is 1.10 bits per heavy atom. The Morgan fingerprint density at radius 2 is 1.74 bits per heavy atom. The van der Waals surface area contributed by atoms with Crippen molar-refractivity contribution in [3.05, 3.63) is 70.8 Å². The smallest absolute Gasteiger partial charge is 0.306 e. The molecule has 1 aliphatic rings. The molecule has 0 saturated heterocycles. The monoisotopic (exact) mass is 507 g/mol. The maximum Gasteiger partial charge on any atom is 0.306 e. The van der Waals surface area contributed by atoms with E-state index in [1.807, 2.05) is 24.3 Å². The van der Waals surface area contributed by atoms with Crippen molar-refractivity contribution in [1.82, 2.24) is 4.31 Å². The number of hydrogen-bond acceptors (Lipinski definition) is 6. The molecule has 0 spiro atoms. The first-order valence-electron chi connectivity index (χ1n) is 9.59. The van der Waals surface area contributed by atoms with E-state index < -0.39 is 33.7 Å². The predicted octanol–water partition coefficient (Wildman–Crippen LogP) is 3.86. The number of carbonyl (C=O) groups excluding carboxylic acids is 2. The van der Waals surface area contributed by atoms with E-state index >= 15 is 0 Å². The largest absolute Gasteiger partial charge is 0.497 e. The summed E-state index contributed by atoms with van der Waals surface area (Å²) < 4.78 is 37.9. The highest BCUT2D eigenvalue weighted by atomic mass is 79.9. The minimum atomic E-state index is -4.15. The van der Waals surface area contributed by atoms with Crippen molar-refractivity contribution in [3.63, 3.8) is 0 Å². The molecular weight excluding hydrogens is 486 g/mol. The molecule has 7 nitrogen and oxygen atoms in total. The van der Waals surface area contributed by atoms with Crippen molar-refractivity contribution >= 4 is 37.8 Å². The van der Waals surface area contributed by atoms with Crippen LogP contribution in [-0.4, -0.2) is 38.3 Å². The number of methoxy groups -OCH3 is 1. The van der Waals surface area contributed by atoms with Crippen LogP contribution in [0.25, 0.3) is 0 Å². The summed E-state index contributed by atoms with van der Waals surface area (Å²) in [6.45, 7) is 1.85. The number of benzene rings is 2. The van der Waals surface area contributed by atoms with E-state index in [1.54, 1.807) is 13.0 Å². The van der Waals surface area contributed by atoms with E-state index in [0.29, 0.717) is 10.1 Å². The molecule has 0 bridgehead atoms. The fourth-order valence-electron chi connectivity index (χ4n) is 3.40. The summed E-state index contributed by atoms with van der Waals surface area (Å²) in [5.74, 6) is -2.13. The molecule has 0 radical (unpaired) electrons. The van der Waals surface area contributed by atoms with Gasteiger partial charge in [-0.3, -0.25) is 9.59 Å². The summed E-state index contributed by atoms with van der Waals surface area (Å²) in [4.78, 5) is 25.5. The fraction of sp³-hybridized carbons (Fsp3) is 0.273. The number of rotatable bonds is 7. The fourth-order valence-corrected chi connectivity index (χ4v) is 4.97. The van der Waals surface area contributed by atoms with Crippen molar-refractivity contribution in [2.75, 3.05) is 13.7 Å². The third-order valence-electron chi connectivity index (χ3n) is 4.96. The van der Waals surface area contributed by atoms with Gasteiger partial charge in [0.1, 0.15) is 5.75 Å². The predicted molar refractivity (Wildman–Crippen MR) is 118 cm³/mol. The molecule has 1 heterocycles. The molecule has 1 aliphatic heterocycles. The second kappa shape index (κ2) is 9.65.